The van der Waals surface area contributed by atoms with E-state index in [0.29, 0.717) is 19.5 Å². The largest absolute Gasteiger partial charge is 0.390 e. The Morgan fingerprint density at radius 2 is 2.08 bits per heavy atom. The quantitative estimate of drug-likeness (QED) is 0.610. The maximum Gasteiger partial charge on any atom is 0.106 e. The Morgan fingerprint density at radius 3 is 2.62 bits per heavy atom. The molecule has 0 amide bonds. The van der Waals surface area contributed by atoms with Crippen molar-refractivity contribution in [3.63, 3.8) is 0 Å². The summed E-state index contributed by atoms with van der Waals surface area (Å²) in [6.45, 7) is 2.54. The van der Waals surface area contributed by atoms with E-state index in [0.717, 1.165) is 0 Å². The van der Waals surface area contributed by atoms with E-state index in [2.05, 4.69) is 5.32 Å². The Hall–Kier alpha value is 0.1000. The van der Waals surface area contributed by atoms with Crippen LogP contribution in [0.2, 0.25) is 0 Å². The molecule has 4 atom stereocenters. The highest BCUT2D eigenvalue weighted by Crippen LogP contribution is 2.20. The third-order valence-corrected chi connectivity index (χ3v) is 2.42. The first kappa shape index (κ1) is 13.1. The molecule has 13 heavy (non-hydrogen) atoms. The molecule has 1 rings (SSSR count). The molecule has 0 aromatic rings. The van der Waals surface area contributed by atoms with Gasteiger partial charge in [-0.3, -0.25) is 0 Å². The van der Waals surface area contributed by atoms with Crippen molar-refractivity contribution in [3.05, 3.63) is 0 Å². The summed E-state index contributed by atoms with van der Waals surface area (Å²) in [5, 5.41) is 21.5. The predicted octanol–water partition coefficient (Wildman–Crippen LogP) is 0.0975. The average Bonchev–Trinajstić information content (AvgIpc) is 2.08. The number of rotatable bonds is 2. The van der Waals surface area contributed by atoms with Crippen LogP contribution in [-0.2, 0) is 0 Å². The van der Waals surface area contributed by atoms with E-state index in [4.69, 9.17) is 0 Å². The third kappa shape index (κ3) is 3.06. The number of aliphatic hydroxyl groups is 2. The van der Waals surface area contributed by atoms with Crippen molar-refractivity contribution < 1.29 is 14.6 Å². The molecule has 5 heteroatoms. The van der Waals surface area contributed by atoms with E-state index in [1.54, 1.807) is 6.92 Å². The maximum absolute atomic E-state index is 13.1. The van der Waals surface area contributed by atoms with E-state index >= 15 is 0 Å². The van der Waals surface area contributed by atoms with Gasteiger partial charge in [0.2, 0.25) is 0 Å². The first-order valence-electron chi connectivity index (χ1n) is 4.37. The van der Waals surface area contributed by atoms with Gasteiger partial charge in [0.05, 0.1) is 12.2 Å². The minimum absolute atomic E-state index is 0. The zero-order valence-electron chi connectivity index (χ0n) is 7.61. The molecule has 1 aliphatic rings. The number of aliphatic hydroxyl groups excluding tert-OH is 2. The zero-order valence-corrected chi connectivity index (χ0v) is 8.43. The van der Waals surface area contributed by atoms with E-state index < -0.39 is 24.3 Å². The number of hydrogen-bond donors (Lipinski definition) is 3. The summed E-state index contributed by atoms with van der Waals surface area (Å²) in [5.41, 5.74) is 0. The highest BCUT2D eigenvalue weighted by Gasteiger charge is 2.34. The second-order valence-electron chi connectivity index (χ2n) is 3.30. The highest BCUT2D eigenvalue weighted by molar-refractivity contribution is 5.85. The molecule has 1 fully saturated rings. The summed E-state index contributed by atoms with van der Waals surface area (Å²) in [7, 11) is 0. The van der Waals surface area contributed by atoms with Crippen molar-refractivity contribution >= 4 is 12.4 Å². The summed E-state index contributed by atoms with van der Waals surface area (Å²) in [6, 6.07) is 0. The second-order valence-corrected chi connectivity index (χ2v) is 3.30. The summed E-state index contributed by atoms with van der Waals surface area (Å²) in [5.74, 6) is -0.459. The van der Waals surface area contributed by atoms with Crippen LogP contribution in [0.25, 0.3) is 0 Å². The molecule has 0 radical (unpaired) electrons. The van der Waals surface area contributed by atoms with Crippen molar-refractivity contribution in [2.75, 3.05) is 13.1 Å². The van der Waals surface area contributed by atoms with Gasteiger partial charge in [-0.05, 0) is 6.42 Å². The van der Waals surface area contributed by atoms with Crippen LogP contribution in [0.5, 0.6) is 0 Å². The van der Waals surface area contributed by atoms with Crippen LogP contribution in [0.15, 0.2) is 0 Å². The van der Waals surface area contributed by atoms with Gasteiger partial charge >= 0.3 is 0 Å². The normalized spacial score (nSPS) is 36.5. The SMILES string of the molecule is CC[C@@H](F)C1CNC[C@@H](O)[C@@H]1O.Cl. The molecule has 3 nitrogen and oxygen atoms in total. The summed E-state index contributed by atoms with van der Waals surface area (Å²) >= 11 is 0. The van der Waals surface area contributed by atoms with Crippen molar-refractivity contribution in [2.45, 2.75) is 31.7 Å². The van der Waals surface area contributed by atoms with Crippen LogP contribution in [-0.4, -0.2) is 41.7 Å². The molecular weight excluding hydrogens is 197 g/mol. The lowest BCUT2D eigenvalue weighted by molar-refractivity contribution is -0.0576. The number of hydrogen-bond acceptors (Lipinski definition) is 3. The minimum atomic E-state index is -1.03. The van der Waals surface area contributed by atoms with E-state index in [9.17, 15) is 14.6 Å². The van der Waals surface area contributed by atoms with Crippen molar-refractivity contribution in [2.24, 2.45) is 5.92 Å². The molecule has 0 spiro atoms. The Labute approximate surface area is 83.7 Å². The molecule has 0 bridgehead atoms. The standard InChI is InChI=1S/C8H16FNO2.ClH/c1-2-6(9)5-3-10-4-7(11)8(5)12;/h5-8,10-12H,2-4H2,1H3;1H/t5?,6-,7-,8-;/m1./s1. The Balaban J connectivity index is 0.00000144. The topological polar surface area (TPSA) is 52.5 Å². The number of nitrogens with one attached hydrogen (secondary N) is 1. The molecule has 0 saturated carbocycles. The molecule has 1 saturated heterocycles. The molecule has 80 valence electrons. The summed E-state index contributed by atoms with van der Waals surface area (Å²) < 4.78 is 13.1. The lowest BCUT2D eigenvalue weighted by Crippen LogP contribution is -2.53. The van der Waals surface area contributed by atoms with Crippen molar-refractivity contribution in [1.82, 2.24) is 5.32 Å². The fourth-order valence-electron chi connectivity index (χ4n) is 1.57. The lowest BCUT2D eigenvalue weighted by Gasteiger charge is -2.34. The summed E-state index contributed by atoms with van der Waals surface area (Å²) in [4.78, 5) is 0. The van der Waals surface area contributed by atoms with E-state index in [1.807, 2.05) is 0 Å². The fraction of sp³-hybridized carbons (Fsp3) is 1.00. The van der Waals surface area contributed by atoms with Crippen LogP contribution in [0.4, 0.5) is 4.39 Å². The fourth-order valence-corrected chi connectivity index (χ4v) is 1.57. The van der Waals surface area contributed by atoms with E-state index in [-0.39, 0.29) is 12.4 Å². The second kappa shape index (κ2) is 5.75. The zero-order chi connectivity index (χ0) is 9.14. The molecule has 1 unspecified atom stereocenters. The third-order valence-electron chi connectivity index (χ3n) is 2.42. The van der Waals surface area contributed by atoms with Gasteiger partial charge in [0.1, 0.15) is 6.17 Å². The van der Waals surface area contributed by atoms with Gasteiger partial charge in [0.25, 0.3) is 0 Å². The molecule has 3 N–H and O–H groups in total. The predicted molar refractivity (Wildman–Crippen MR) is 50.8 cm³/mol. The first-order valence-corrected chi connectivity index (χ1v) is 4.37. The van der Waals surface area contributed by atoms with Crippen LogP contribution in [0.3, 0.4) is 0 Å². The van der Waals surface area contributed by atoms with Crippen LogP contribution in [0.1, 0.15) is 13.3 Å². The Kier molecular flexibility index (Phi) is 5.80. The molecular formula is C8H17ClFNO2. The number of alkyl halides is 1. The molecule has 0 aromatic carbocycles. The average molecular weight is 214 g/mol. The van der Waals surface area contributed by atoms with Crippen molar-refractivity contribution in [1.29, 1.82) is 0 Å². The van der Waals surface area contributed by atoms with Gasteiger partial charge in [0, 0.05) is 19.0 Å². The highest BCUT2D eigenvalue weighted by atomic mass is 35.5. The van der Waals surface area contributed by atoms with Gasteiger partial charge in [-0.25, -0.2) is 4.39 Å². The van der Waals surface area contributed by atoms with Gasteiger partial charge in [-0.2, -0.15) is 0 Å². The van der Waals surface area contributed by atoms with Crippen LogP contribution >= 0.6 is 12.4 Å². The lowest BCUT2D eigenvalue weighted by atomic mass is 9.89. The molecule has 1 heterocycles. The maximum atomic E-state index is 13.1. The first-order chi connectivity index (χ1) is 5.66. The van der Waals surface area contributed by atoms with Gasteiger partial charge in [-0.15, -0.1) is 12.4 Å². The van der Waals surface area contributed by atoms with Crippen molar-refractivity contribution in [3.8, 4) is 0 Å². The number of halogens is 2. The molecule has 0 aliphatic carbocycles. The van der Waals surface area contributed by atoms with Gasteiger partial charge in [-0.1, -0.05) is 6.92 Å². The minimum Gasteiger partial charge on any atom is -0.390 e. The monoisotopic (exact) mass is 213 g/mol. The Bertz CT molecular complexity index is 150. The van der Waals surface area contributed by atoms with E-state index in [1.165, 1.54) is 0 Å². The molecule has 1 aliphatic heterocycles. The number of β-amino-alcohol motifs (C(OH)–C–C–N with tert-alkyl or cyclic N) is 1. The smallest absolute Gasteiger partial charge is 0.106 e. The Morgan fingerprint density at radius 1 is 1.46 bits per heavy atom. The van der Waals surface area contributed by atoms with Gasteiger partial charge in [0.15, 0.2) is 0 Å². The van der Waals surface area contributed by atoms with Crippen LogP contribution in [0, 0.1) is 5.92 Å². The summed E-state index contributed by atoms with van der Waals surface area (Å²) in [6.07, 6.45) is -2.38. The molecule has 0 aromatic heterocycles. The number of piperidine rings is 1. The van der Waals surface area contributed by atoms with Crippen LogP contribution < -0.4 is 5.32 Å². The van der Waals surface area contributed by atoms with Gasteiger partial charge < -0.3 is 15.5 Å².